The minimum Gasteiger partial charge on any atom is -0.495 e. The van der Waals surface area contributed by atoms with E-state index >= 15 is 0 Å². The van der Waals surface area contributed by atoms with E-state index in [4.69, 9.17) is 18.9 Å². The zero-order valence-corrected chi connectivity index (χ0v) is 14.1. The fourth-order valence-corrected chi connectivity index (χ4v) is 3.53. The van der Waals surface area contributed by atoms with Gasteiger partial charge in [-0.15, -0.1) is 11.8 Å². The van der Waals surface area contributed by atoms with Crippen molar-refractivity contribution in [1.29, 1.82) is 0 Å². The van der Waals surface area contributed by atoms with Crippen LogP contribution in [0.5, 0.6) is 11.5 Å². The Bertz CT molecular complexity index is 614. The molecular formula is C18H20O4S. The monoisotopic (exact) mass is 332 g/mol. The highest BCUT2D eigenvalue weighted by atomic mass is 32.2. The van der Waals surface area contributed by atoms with E-state index in [1.807, 2.05) is 30.3 Å². The molecule has 0 amide bonds. The van der Waals surface area contributed by atoms with E-state index in [0.717, 1.165) is 27.7 Å². The summed E-state index contributed by atoms with van der Waals surface area (Å²) < 4.78 is 22.3. The van der Waals surface area contributed by atoms with Crippen molar-refractivity contribution in [2.24, 2.45) is 0 Å². The zero-order valence-electron chi connectivity index (χ0n) is 13.3. The second kappa shape index (κ2) is 7.73. The highest BCUT2D eigenvalue weighted by Gasteiger charge is 2.22. The third kappa shape index (κ3) is 3.80. The molecule has 0 spiro atoms. The van der Waals surface area contributed by atoms with Gasteiger partial charge in [0, 0.05) is 11.3 Å². The van der Waals surface area contributed by atoms with Crippen LogP contribution in [-0.4, -0.2) is 27.4 Å². The van der Waals surface area contributed by atoms with Crippen molar-refractivity contribution in [2.45, 2.75) is 16.9 Å². The summed E-state index contributed by atoms with van der Waals surface area (Å²) in [5, 5.41) is 0. The maximum absolute atomic E-state index is 5.57. The Kier molecular flexibility index (Phi) is 5.43. The third-order valence-corrected chi connectivity index (χ3v) is 4.77. The van der Waals surface area contributed by atoms with Crippen LogP contribution in [0.4, 0.5) is 0 Å². The van der Waals surface area contributed by atoms with E-state index in [0.29, 0.717) is 13.2 Å². The molecule has 0 saturated carbocycles. The molecule has 1 aliphatic heterocycles. The first-order chi connectivity index (χ1) is 11.3. The smallest absolute Gasteiger partial charge is 0.184 e. The highest BCUT2D eigenvalue weighted by Crippen LogP contribution is 2.42. The fourth-order valence-electron chi connectivity index (χ4n) is 2.46. The summed E-state index contributed by atoms with van der Waals surface area (Å²) in [6.07, 6.45) is -0.342. The van der Waals surface area contributed by atoms with Crippen LogP contribution in [0.25, 0.3) is 0 Å². The Hall–Kier alpha value is -1.69. The van der Waals surface area contributed by atoms with Gasteiger partial charge in [0.2, 0.25) is 0 Å². The topological polar surface area (TPSA) is 36.9 Å². The Balaban J connectivity index is 1.85. The normalized spacial score (nSPS) is 14.9. The second-order valence-corrected chi connectivity index (χ2v) is 6.09. The van der Waals surface area contributed by atoms with Crippen molar-refractivity contribution in [3.05, 3.63) is 53.6 Å². The zero-order chi connectivity index (χ0) is 16.1. The van der Waals surface area contributed by atoms with Gasteiger partial charge >= 0.3 is 0 Å². The first-order valence-electron chi connectivity index (χ1n) is 7.47. The largest absolute Gasteiger partial charge is 0.495 e. The van der Waals surface area contributed by atoms with E-state index in [1.165, 1.54) is 5.56 Å². The van der Waals surface area contributed by atoms with Crippen molar-refractivity contribution in [3.63, 3.8) is 0 Å². The summed E-state index contributed by atoms with van der Waals surface area (Å²) in [6, 6.07) is 14.3. The second-order valence-electron chi connectivity index (χ2n) is 5.10. The van der Waals surface area contributed by atoms with Gasteiger partial charge in [0.05, 0.1) is 32.3 Å². The molecule has 0 radical (unpaired) electrons. The van der Waals surface area contributed by atoms with E-state index in [-0.39, 0.29) is 6.29 Å². The van der Waals surface area contributed by atoms with Gasteiger partial charge < -0.3 is 18.9 Å². The van der Waals surface area contributed by atoms with E-state index < -0.39 is 0 Å². The van der Waals surface area contributed by atoms with E-state index in [9.17, 15) is 0 Å². The van der Waals surface area contributed by atoms with Crippen molar-refractivity contribution in [1.82, 2.24) is 0 Å². The number of hydrogen-bond acceptors (Lipinski definition) is 5. The minimum atomic E-state index is -0.342. The van der Waals surface area contributed by atoms with Crippen LogP contribution in [0.1, 0.15) is 17.4 Å². The van der Waals surface area contributed by atoms with Gasteiger partial charge in [0.15, 0.2) is 6.29 Å². The summed E-state index contributed by atoms with van der Waals surface area (Å²) in [5.74, 6) is 2.40. The molecule has 2 aromatic rings. The predicted molar refractivity (Wildman–Crippen MR) is 90.2 cm³/mol. The van der Waals surface area contributed by atoms with Crippen LogP contribution in [0.2, 0.25) is 0 Å². The van der Waals surface area contributed by atoms with Crippen LogP contribution in [0, 0.1) is 0 Å². The lowest BCUT2D eigenvalue weighted by molar-refractivity contribution is -0.0443. The average Bonchev–Trinajstić information content (AvgIpc) is 3.14. The molecule has 0 N–H and O–H groups in total. The molecule has 3 rings (SSSR count). The number of benzene rings is 2. The molecule has 5 heteroatoms. The molecule has 1 aliphatic rings. The third-order valence-electron chi connectivity index (χ3n) is 3.60. The van der Waals surface area contributed by atoms with Crippen molar-refractivity contribution < 1.29 is 18.9 Å². The quantitative estimate of drug-likeness (QED) is 0.746. The van der Waals surface area contributed by atoms with Crippen LogP contribution in [0.3, 0.4) is 0 Å². The van der Waals surface area contributed by atoms with Gasteiger partial charge in [-0.2, -0.15) is 0 Å². The number of hydrogen-bond donors (Lipinski definition) is 0. The first kappa shape index (κ1) is 16.2. The van der Waals surface area contributed by atoms with E-state index in [1.54, 1.807) is 26.0 Å². The molecule has 4 nitrogen and oxygen atoms in total. The molecule has 2 aromatic carbocycles. The van der Waals surface area contributed by atoms with Gasteiger partial charge in [-0.25, -0.2) is 0 Å². The van der Waals surface area contributed by atoms with Gasteiger partial charge in [0.1, 0.15) is 11.5 Å². The Morgan fingerprint density at radius 1 is 1.00 bits per heavy atom. The van der Waals surface area contributed by atoms with Crippen molar-refractivity contribution in [2.75, 3.05) is 27.4 Å². The summed E-state index contributed by atoms with van der Waals surface area (Å²) in [5.41, 5.74) is 2.17. The summed E-state index contributed by atoms with van der Waals surface area (Å²) in [6.45, 7) is 1.22. The molecule has 0 bridgehead atoms. The summed E-state index contributed by atoms with van der Waals surface area (Å²) in [7, 11) is 3.34. The standard InChI is InChI=1S/C18H20O4S/c1-19-15-10-14(18-21-8-9-22-18)11-16(20-2)17(15)23-12-13-6-4-3-5-7-13/h3-7,10-11,18H,8-9,12H2,1-2H3. The predicted octanol–water partition coefficient (Wildman–Crippen LogP) is 4.04. The van der Waals surface area contributed by atoms with Crippen molar-refractivity contribution in [3.8, 4) is 11.5 Å². The van der Waals surface area contributed by atoms with Gasteiger partial charge in [-0.05, 0) is 17.7 Å². The Morgan fingerprint density at radius 3 is 2.17 bits per heavy atom. The number of methoxy groups -OCH3 is 2. The molecule has 0 aliphatic carbocycles. The fraction of sp³-hybridized carbons (Fsp3) is 0.333. The Morgan fingerprint density at radius 2 is 1.61 bits per heavy atom. The minimum absolute atomic E-state index is 0.342. The van der Waals surface area contributed by atoms with Crippen molar-refractivity contribution >= 4 is 11.8 Å². The Labute approximate surface area is 140 Å². The number of ether oxygens (including phenoxy) is 4. The molecule has 122 valence electrons. The maximum atomic E-state index is 5.57. The van der Waals surface area contributed by atoms with Crippen LogP contribution >= 0.6 is 11.8 Å². The molecule has 0 unspecified atom stereocenters. The maximum Gasteiger partial charge on any atom is 0.184 e. The number of thioether (sulfide) groups is 1. The van der Waals surface area contributed by atoms with Gasteiger partial charge in [-0.1, -0.05) is 30.3 Å². The average molecular weight is 332 g/mol. The lowest BCUT2D eigenvalue weighted by atomic mass is 10.2. The lowest BCUT2D eigenvalue weighted by Gasteiger charge is -2.17. The van der Waals surface area contributed by atoms with Crippen LogP contribution in [-0.2, 0) is 15.2 Å². The molecule has 0 aromatic heterocycles. The SMILES string of the molecule is COc1cc(C2OCCO2)cc(OC)c1SCc1ccccc1. The van der Waals surface area contributed by atoms with Crippen LogP contribution < -0.4 is 9.47 Å². The van der Waals surface area contributed by atoms with Gasteiger partial charge in [0.25, 0.3) is 0 Å². The molecule has 0 atom stereocenters. The highest BCUT2D eigenvalue weighted by molar-refractivity contribution is 7.98. The lowest BCUT2D eigenvalue weighted by Crippen LogP contribution is -2.01. The first-order valence-corrected chi connectivity index (χ1v) is 8.46. The molecule has 1 fully saturated rings. The molecule has 1 heterocycles. The molecular weight excluding hydrogens is 312 g/mol. The van der Waals surface area contributed by atoms with Crippen LogP contribution in [0.15, 0.2) is 47.4 Å². The summed E-state index contributed by atoms with van der Waals surface area (Å²) in [4.78, 5) is 0.987. The van der Waals surface area contributed by atoms with E-state index in [2.05, 4.69) is 12.1 Å². The summed E-state index contributed by atoms with van der Waals surface area (Å²) >= 11 is 1.70. The van der Waals surface area contributed by atoms with Gasteiger partial charge in [-0.3, -0.25) is 0 Å². The molecule has 1 saturated heterocycles. The number of rotatable bonds is 6. The molecule has 23 heavy (non-hydrogen) atoms.